The van der Waals surface area contributed by atoms with Crippen molar-refractivity contribution in [1.29, 1.82) is 0 Å². The van der Waals surface area contributed by atoms with Gasteiger partial charge in [0.15, 0.2) is 17.9 Å². The Morgan fingerprint density at radius 1 is 1.04 bits per heavy atom. The van der Waals surface area contributed by atoms with Crippen molar-refractivity contribution in [3.63, 3.8) is 0 Å². The van der Waals surface area contributed by atoms with E-state index in [1.54, 1.807) is 30.3 Å². The Labute approximate surface area is 145 Å². The van der Waals surface area contributed by atoms with Crippen molar-refractivity contribution in [2.75, 3.05) is 31.8 Å². The van der Waals surface area contributed by atoms with Crippen molar-refractivity contribution in [2.45, 2.75) is 13.2 Å². The van der Waals surface area contributed by atoms with E-state index in [2.05, 4.69) is 5.32 Å². The number of methoxy groups -OCH3 is 2. The number of ketones is 2. The van der Waals surface area contributed by atoms with E-state index in [4.69, 9.17) is 15.2 Å². The fourth-order valence-corrected chi connectivity index (χ4v) is 3.05. The Morgan fingerprint density at radius 3 is 2.16 bits per heavy atom. The van der Waals surface area contributed by atoms with Crippen molar-refractivity contribution in [2.24, 2.45) is 0 Å². The predicted octanol–water partition coefficient (Wildman–Crippen LogP) is 2.38. The maximum Gasteiger partial charge on any atom is 0.196 e. The normalized spacial score (nSPS) is 13.0. The summed E-state index contributed by atoms with van der Waals surface area (Å²) in [4.78, 5) is 25.9. The molecular weight excluding hydrogens is 320 g/mol. The van der Waals surface area contributed by atoms with Gasteiger partial charge in [-0.2, -0.15) is 0 Å². The molecule has 3 rings (SSSR count). The zero-order valence-corrected chi connectivity index (χ0v) is 14.4. The number of aryl methyl sites for hydroxylation is 1. The van der Waals surface area contributed by atoms with E-state index in [1.807, 2.05) is 6.92 Å². The summed E-state index contributed by atoms with van der Waals surface area (Å²) in [6.45, 7) is 2.13. The summed E-state index contributed by atoms with van der Waals surface area (Å²) in [7, 11) is 3.06. The van der Waals surface area contributed by atoms with Crippen LogP contribution in [0.1, 0.15) is 37.4 Å². The van der Waals surface area contributed by atoms with Crippen molar-refractivity contribution < 1.29 is 19.1 Å². The average molecular weight is 340 g/mol. The van der Waals surface area contributed by atoms with E-state index < -0.39 is 6.29 Å². The molecule has 0 unspecified atom stereocenters. The topological polar surface area (TPSA) is 90.6 Å². The van der Waals surface area contributed by atoms with Gasteiger partial charge in [0, 0.05) is 36.7 Å². The van der Waals surface area contributed by atoms with Gasteiger partial charge >= 0.3 is 0 Å². The SMILES string of the molecule is COC(CNc1cc(C)c(N)c2c1C(=O)c1ccccc1C2=O)OC. The smallest absolute Gasteiger partial charge is 0.196 e. The maximum absolute atomic E-state index is 13.0. The molecule has 1 aliphatic carbocycles. The first-order valence-corrected chi connectivity index (χ1v) is 7.90. The minimum atomic E-state index is -0.477. The lowest BCUT2D eigenvalue weighted by Gasteiger charge is -2.24. The molecule has 0 saturated heterocycles. The first-order chi connectivity index (χ1) is 12.0. The molecule has 0 radical (unpaired) electrons. The Hall–Kier alpha value is -2.70. The largest absolute Gasteiger partial charge is 0.398 e. The number of benzene rings is 2. The molecule has 0 amide bonds. The molecule has 0 bridgehead atoms. The second-order valence-electron chi connectivity index (χ2n) is 5.89. The van der Waals surface area contributed by atoms with E-state index in [1.165, 1.54) is 14.2 Å². The van der Waals surface area contributed by atoms with Gasteiger partial charge in [-0.25, -0.2) is 0 Å². The summed E-state index contributed by atoms with van der Waals surface area (Å²) in [6.07, 6.45) is -0.477. The molecule has 0 spiro atoms. The van der Waals surface area contributed by atoms with Crippen LogP contribution in [0.3, 0.4) is 0 Å². The Kier molecular flexibility index (Phi) is 4.57. The highest BCUT2D eigenvalue weighted by Gasteiger charge is 2.34. The number of carbonyl (C=O) groups is 2. The Bertz CT molecular complexity index is 857. The predicted molar refractivity (Wildman–Crippen MR) is 95.2 cm³/mol. The van der Waals surface area contributed by atoms with Crippen LogP contribution >= 0.6 is 0 Å². The third-order valence-electron chi connectivity index (χ3n) is 4.43. The summed E-state index contributed by atoms with van der Waals surface area (Å²) in [5.41, 5.74) is 9.10. The van der Waals surface area contributed by atoms with E-state index in [-0.39, 0.29) is 17.1 Å². The number of hydrogen-bond donors (Lipinski definition) is 2. The van der Waals surface area contributed by atoms with Crippen LogP contribution in [0.2, 0.25) is 0 Å². The third kappa shape index (κ3) is 2.79. The maximum atomic E-state index is 13.0. The van der Waals surface area contributed by atoms with Crippen LogP contribution in [0.5, 0.6) is 0 Å². The number of hydrogen-bond acceptors (Lipinski definition) is 6. The summed E-state index contributed by atoms with van der Waals surface area (Å²) >= 11 is 0. The third-order valence-corrected chi connectivity index (χ3v) is 4.43. The van der Waals surface area contributed by atoms with E-state index >= 15 is 0 Å². The summed E-state index contributed by atoms with van der Waals surface area (Å²) in [5, 5.41) is 3.15. The minimum absolute atomic E-state index is 0.217. The van der Waals surface area contributed by atoms with Crippen molar-refractivity contribution in [3.05, 3.63) is 58.1 Å². The quantitative estimate of drug-likeness (QED) is 0.547. The second-order valence-corrected chi connectivity index (χ2v) is 5.89. The molecule has 6 nitrogen and oxygen atoms in total. The summed E-state index contributed by atoms with van der Waals surface area (Å²) < 4.78 is 10.3. The number of nitrogen functional groups attached to an aromatic ring is 1. The molecule has 2 aromatic rings. The summed E-state index contributed by atoms with van der Waals surface area (Å²) in [6, 6.07) is 8.56. The van der Waals surface area contributed by atoms with Crippen LogP contribution < -0.4 is 11.1 Å². The first-order valence-electron chi connectivity index (χ1n) is 7.90. The zero-order valence-electron chi connectivity index (χ0n) is 14.4. The molecule has 0 aromatic heterocycles. The number of fused-ring (bicyclic) bond motifs is 2. The lowest BCUT2D eigenvalue weighted by Crippen LogP contribution is -2.27. The molecule has 0 fully saturated rings. The molecule has 6 heteroatoms. The van der Waals surface area contributed by atoms with E-state index in [0.29, 0.717) is 34.6 Å². The van der Waals surface area contributed by atoms with Gasteiger partial charge in [-0.1, -0.05) is 24.3 Å². The van der Waals surface area contributed by atoms with E-state index in [9.17, 15) is 9.59 Å². The fourth-order valence-electron chi connectivity index (χ4n) is 3.05. The van der Waals surface area contributed by atoms with Gasteiger partial charge in [0.05, 0.1) is 17.7 Å². The number of ether oxygens (including phenoxy) is 2. The number of rotatable bonds is 5. The zero-order chi connectivity index (χ0) is 18.1. The van der Waals surface area contributed by atoms with Crippen LogP contribution in [-0.2, 0) is 9.47 Å². The van der Waals surface area contributed by atoms with Gasteiger partial charge in [0.2, 0.25) is 0 Å². The fraction of sp³-hybridized carbons (Fsp3) is 0.263. The molecule has 0 atom stereocenters. The van der Waals surface area contributed by atoms with Gasteiger partial charge < -0.3 is 20.5 Å². The molecule has 0 aliphatic heterocycles. The first kappa shape index (κ1) is 17.1. The van der Waals surface area contributed by atoms with Gasteiger partial charge in [0.25, 0.3) is 0 Å². The molecule has 0 saturated carbocycles. The number of anilines is 2. The molecule has 3 N–H and O–H groups in total. The van der Waals surface area contributed by atoms with Crippen molar-refractivity contribution in [3.8, 4) is 0 Å². The lowest BCUT2D eigenvalue weighted by molar-refractivity contribution is -0.0914. The van der Waals surface area contributed by atoms with Crippen LogP contribution in [-0.4, -0.2) is 38.6 Å². The van der Waals surface area contributed by atoms with E-state index in [0.717, 1.165) is 5.56 Å². The highest BCUT2D eigenvalue weighted by atomic mass is 16.7. The van der Waals surface area contributed by atoms with Gasteiger partial charge in [-0.05, 0) is 18.6 Å². The van der Waals surface area contributed by atoms with Crippen molar-refractivity contribution >= 4 is 22.9 Å². The summed E-state index contributed by atoms with van der Waals surface area (Å²) in [5.74, 6) is -0.449. The molecule has 25 heavy (non-hydrogen) atoms. The second kappa shape index (κ2) is 6.66. The minimum Gasteiger partial charge on any atom is -0.398 e. The average Bonchev–Trinajstić information content (AvgIpc) is 2.63. The van der Waals surface area contributed by atoms with Crippen LogP contribution in [0, 0.1) is 6.92 Å². The highest BCUT2D eigenvalue weighted by molar-refractivity contribution is 6.32. The molecular formula is C19H20N2O4. The number of carbonyl (C=O) groups excluding carboxylic acids is 2. The number of nitrogens with one attached hydrogen (secondary N) is 1. The lowest BCUT2D eigenvalue weighted by atomic mass is 9.81. The van der Waals surface area contributed by atoms with Crippen LogP contribution in [0.15, 0.2) is 30.3 Å². The Morgan fingerprint density at radius 2 is 1.60 bits per heavy atom. The monoisotopic (exact) mass is 340 g/mol. The van der Waals surface area contributed by atoms with Crippen LogP contribution in [0.4, 0.5) is 11.4 Å². The Balaban J connectivity index is 2.13. The molecule has 2 aromatic carbocycles. The molecule has 0 heterocycles. The standard InChI is InChI=1S/C19H20N2O4/c1-10-8-13(21-9-14(24-2)25-3)15-16(17(10)20)19(23)12-7-5-4-6-11(12)18(15)22/h4-8,14,21H,9,20H2,1-3H3. The van der Waals surface area contributed by atoms with Crippen molar-refractivity contribution in [1.82, 2.24) is 0 Å². The highest BCUT2D eigenvalue weighted by Crippen LogP contribution is 2.37. The number of nitrogens with two attached hydrogens (primary N) is 1. The molecule has 130 valence electrons. The van der Waals surface area contributed by atoms with Crippen LogP contribution in [0.25, 0.3) is 0 Å². The molecule has 1 aliphatic rings. The van der Waals surface area contributed by atoms with Gasteiger partial charge in [-0.15, -0.1) is 0 Å². The van der Waals surface area contributed by atoms with Gasteiger partial charge in [-0.3, -0.25) is 9.59 Å². The van der Waals surface area contributed by atoms with Gasteiger partial charge in [0.1, 0.15) is 0 Å².